The average molecular weight is 621 g/mol. The number of carbonyl (C=O) groups is 1. The lowest BCUT2D eigenvalue weighted by molar-refractivity contribution is -0.138. The van der Waals surface area contributed by atoms with Gasteiger partial charge in [-0.2, -0.15) is 18.3 Å². The number of alkyl halides is 3. The minimum absolute atomic E-state index is 0.122. The van der Waals surface area contributed by atoms with Gasteiger partial charge in [0.15, 0.2) is 0 Å². The Balaban J connectivity index is 1.35. The summed E-state index contributed by atoms with van der Waals surface area (Å²) in [6.45, 7) is 12.6. The van der Waals surface area contributed by atoms with Crippen molar-refractivity contribution in [1.82, 2.24) is 29.2 Å². The van der Waals surface area contributed by atoms with Crippen LogP contribution in [0.4, 0.5) is 24.8 Å². The van der Waals surface area contributed by atoms with Gasteiger partial charge in [0.1, 0.15) is 12.3 Å². The predicted molar refractivity (Wildman–Crippen MR) is 160 cm³/mol. The molecule has 15 heteroatoms. The third-order valence-electron chi connectivity index (χ3n) is 7.04. The summed E-state index contributed by atoms with van der Waals surface area (Å²) in [6, 6.07) is 1.99. The number of piperazine rings is 1. The zero-order chi connectivity index (χ0) is 31.4. The lowest BCUT2D eigenvalue weighted by Crippen LogP contribution is -2.49. The molecule has 0 unspecified atom stereocenters. The summed E-state index contributed by atoms with van der Waals surface area (Å²) < 4.78 is 49.7. The smallest absolute Gasteiger partial charge is 0.379 e. The third-order valence-corrected chi connectivity index (χ3v) is 8.74. The van der Waals surface area contributed by atoms with Crippen LogP contribution in [-0.2, 0) is 24.2 Å². The van der Waals surface area contributed by atoms with Gasteiger partial charge in [-0.05, 0) is 31.5 Å². The van der Waals surface area contributed by atoms with Crippen LogP contribution in [-0.4, -0.2) is 82.0 Å². The van der Waals surface area contributed by atoms with Crippen LogP contribution in [0.3, 0.4) is 0 Å². The predicted octanol–water partition coefficient (Wildman–Crippen LogP) is 3.94. The Hall–Kier alpha value is -3.72. The SMILES string of the molecule is Cc1cnc(N2CCN(C(=O)c3ccn(C[C@H](C)Nc4cnn(COCC[Si](C)(C)C)c(=O)c4C(F)(F)F)c3)CC2)nc1. The molecular formula is C28H39F3N8O3Si. The maximum atomic E-state index is 13.9. The number of rotatable bonds is 11. The van der Waals surface area contributed by atoms with Crippen LogP contribution in [0.5, 0.6) is 0 Å². The number of aryl methyl sites for hydroxylation is 1. The summed E-state index contributed by atoms with van der Waals surface area (Å²) in [7, 11) is -1.39. The van der Waals surface area contributed by atoms with Crippen molar-refractivity contribution < 1.29 is 22.7 Å². The molecule has 234 valence electrons. The van der Waals surface area contributed by atoms with Crippen LogP contribution >= 0.6 is 0 Å². The second-order valence-electron chi connectivity index (χ2n) is 12.1. The van der Waals surface area contributed by atoms with E-state index in [0.29, 0.717) is 49.0 Å². The summed E-state index contributed by atoms with van der Waals surface area (Å²) in [5.74, 6) is 0.514. The standard InChI is InChI=1S/C28H39F3N8O3Si/c1-20-14-32-27(33-15-20)38-10-8-37(9-11-38)25(40)22-6-7-36(18-22)17-21(2)35-23-16-34-39(19-42-12-13-43(3,4)5)26(41)24(23)28(29,30)31/h6-7,14-16,18,21,35H,8-13,17,19H2,1-5H3/t21-/m0/s1. The second-order valence-corrected chi connectivity index (χ2v) is 17.7. The minimum Gasteiger partial charge on any atom is -0.379 e. The molecule has 0 spiro atoms. The zero-order valence-electron chi connectivity index (χ0n) is 25.2. The fourth-order valence-electron chi connectivity index (χ4n) is 4.64. The van der Waals surface area contributed by atoms with Crippen LogP contribution in [0.2, 0.25) is 25.7 Å². The molecule has 1 saturated heterocycles. The average Bonchev–Trinajstić information content (AvgIpc) is 3.39. The molecule has 1 aliphatic heterocycles. The van der Waals surface area contributed by atoms with Crippen molar-refractivity contribution >= 4 is 25.6 Å². The highest BCUT2D eigenvalue weighted by Crippen LogP contribution is 2.32. The van der Waals surface area contributed by atoms with Gasteiger partial charge in [-0.1, -0.05) is 19.6 Å². The molecule has 0 saturated carbocycles. The van der Waals surface area contributed by atoms with Gasteiger partial charge in [0, 0.05) is 78.2 Å². The molecule has 3 aromatic heterocycles. The van der Waals surface area contributed by atoms with Crippen LogP contribution in [0, 0.1) is 6.92 Å². The molecule has 43 heavy (non-hydrogen) atoms. The lowest BCUT2D eigenvalue weighted by atomic mass is 10.2. The summed E-state index contributed by atoms with van der Waals surface area (Å²) in [5, 5.41) is 6.70. The van der Waals surface area contributed by atoms with Crippen molar-refractivity contribution in [1.29, 1.82) is 0 Å². The first-order valence-electron chi connectivity index (χ1n) is 14.2. The molecule has 4 heterocycles. The molecule has 4 rings (SSSR count). The molecular weight excluding hydrogens is 581 g/mol. The van der Waals surface area contributed by atoms with E-state index in [1.54, 1.807) is 47.2 Å². The number of nitrogens with zero attached hydrogens (tertiary/aromatic N) is 7. The second kappa shape index (κ2) is 13.3. The van der Waals surface area contributed by atoms with Crippen molar-refractivity contribution in [2.45, 2.75) is 65.0 Å². The van der Waals surface area contributed by atoms with E-state index >= 15 is 0 Å². The van der Waals surface area contributed by atoms with Gasteiger partial charge >= 0.3 is 6.18 Å². The number of nitrogens with one attached hydrogen (secondary N) is 1. The molecule has 11 nitrogen and oxygen atoms in total. The highest BCUT2D eigenvalue weighted by atomic mass is 28.3. The van der Waals surface area contributed by atoms with Gasteiger partial charge in [0.05, 0.1) is 17.4 Å². The molecule has 1 N–H and O–H groups in total. The maximum absolute atomic E-state index is 13.9. The molecule has 0 radical (unpaired) electrons. The minimum atomic E-state index is -4.88. The summed E-state index contributed by atoms with van der Waals surface area (Å²) in [4.78, 5) is 38.3. The molecule has 1 atom stereocenters. The summed E-state index contributed by atoms with van der Waals surface area (Å²) >= 11 is 0. The largest absolute Gasteiger partial charge is 0.423 e. The first-order valence-corrected chi connectivity index (χ1v) is 17.9. The van der Waals surface area contributed by atoms with Crippen LogP contribution < -0.4 is 15.8 Å². The van der Waals surface area contributed by atoms with E-state index in [2.05, 4.69) is 40.0 Å². The normalized spacial score (nSPS) is 15.1. The fourth-order valence-corrected chi connectivity index (χ4v) is 5.40. The Labute approximate surface area is 249 Å². The number of ether oxygens (including phenoxy) is 1. The van der Waals surface area contributed by atoms with E-state index in [1.807, 2.05) is 11.8 Å². The van der Waals surface area contributed by atoms with Gasteiger partial charge in [-0.25, -0.2) is 14.6 Å². The Kier molecular flexibility index (Phi) is 9.95. The molecule has 1 fully saturated rings. The molecule has 1 aliphatic rings. The van der Waals surface area contributed by atoms with Crippen LogP contribution in [0.25, 0.3) is 0 Å². The third kappa shape index (κ3) is 8.66. The van der Waals surface area contributed by atoms with Crippen LogP contribution in [0.1, 0.15) is 28.4 Å². The number of carbonyl (C=O) groups excluding carboxylic acids is 1. The zero-order valence-corrected chi connectivity index (χ0v) is 26.2. The van der Waals surface area contributed by atoms with Crippen molar-refractivity contribution in [3.05, 3.63) is 64.1 Å². The topological polar surface area (TPSA) is 110 Å². The van der Waals surface area contributed by atoms with E-state index in [9.17, 15) is 22.8 Å². The van der Waals surface area contributed by atoms with Gasteiger partial charge in [-0.3, -0.25) is 9.59 Å². The first kappa shape index (κ1) is 32.2. The van der Waals surface area contributed by atoms with Crippen molar-refractivity contribution in [2.75, 3.05) is 43.0 Å². The van der Waals surface area contributed by atoms with E-state index in [4.69, 9.17) is 4.74 Å². The summed E-state index contributed by atoms with van der Waals surface area (Å²) in [5.41, 5.74) is -1.52. The van der Waals surface area contributed by atoms with E-state index in [1.165, 1.54) is 0 Å². The van der Waals surface area contributed by atoms with Crippen LogP contribution in [0.15, 0.2) is 41.8 Å². The fraction of sp³-hybridized carbons (Fsp3) is 0.536. The van der Waals surface area contributed by atoms with Gasteiger partial charge < -0.3 is 24.4 Å². The van der Waals surface area contributed by atoms with Gasteiger partial charge in [0.2, 0.25) is 5.95 Å². The van der Waals surface area contributed by atoms with Crippen molar-refractivity contribution in [3.63, 3.8) is 0 Å². The maximum Gasteiger partial charge on any atom is 0.423 e. The number of aromatic nitrogens is 5. The van der Waals surface area contributed by atoms with Gasteiger partial charge in [-0.15, -0.1) is 0 Å². The number of amides is 1. The summed E-state index contributed by atoms with van der Waals surface area (Å²) in [6.07, 6.45) is 3.03. The Morgan fingerprint density at radius 2 is 1.79 bits per heavy atom. The molecule has 0 aliphatic carbocycles. The van der Waals surface area contributed by atoms with Crippen molar-refractivity contribution in [2.24, 2.45) is 0 Å². The van der Waals surface area contributed by atoms with E-state index in [0.717, 1.165) is 17.8 Å². The Morgan fingerprint density at radius 1 is 1.12 bits per heavy atom. The number of hydrogen-bond donors (Lipinski definition) is 1. The Morgan fingerprint density at radius 3 is 2.42 bits per heavy atom. The highest BCUT2D eigenvalue weighted by molar-refractivity contribution is 6.76. The quantitative estimate of drug-likeness (QED) is 0.254. The number of anilines is 2. The first-order chi connectivity index (χ1) is 20.2. The van der Waals surface area contributed by atoms with Crippen molar-refractivity contribution in [3.8, 4) is 0 Å². The van der Waals surface area contributed by atoms with E-state index < -0.39 is 37.1 Å². The number of halogens is 3. The van der Waals surface area contributed by atoms with E-state index in [-0.39, 0.29) is 19.2 Å². The highest BCUT2D eigenvalue weighted by Gasteiger charge is 2.38. The molecule has 0 bridgehead atoms. The monoisotopic (exact) mass is 620 g/mol. The van der Waals surface area contributed by atoms with Gasteiger partial charge in [0.25, 0.3) is 11.5 Å². The molecule has 3 aromatic rings. The molecule has 1 amide bonds. The number of hydrogen-bond acceptors (Lipinski definition) is 8. The molecule has 0 aromatic carbocycles. The Bertz CT molecular complexity index is 1450. The lowest BCUT2D eigenvalue weighted by Gasteiger charge is -2.34.